The lowest BCUT2D eigenvalue weighted by molar-refractivity contribution is 0.0994. The first-order chi connectivity index (χ1) is 13.8. The molecule has 2 heterocycles. The lowest BCUT2D eigenvalue weighted by atomic mass is 10.1. The van der Waals surface area contributed by atoms with Gasteiger partial charge in [-0.1, -0.05) is 53.7 Å². The summed E-state index contributed by atoms with van der Waals surface area (Å²) >= 11 is 4.61. The van der Waals surface area contributed by atoms with Gasteiger partial charge in [-0.2, -0.15) is 4.31 Å². The van der Waals surface area contributed by atoms with E-state index in [1.54, 1.807) is 43.4 Å². The molecule has 7 nitrogen and oxygen atoms in total. The minimum absolute atomic E-state index is 0.0360. The van der Waals surface area contributed by atoms with Gasteiger partial charge in [0, 0.05) is 29.3 Å². The highest BCUT2D eigenvalue weighted by Crippen LogP contribution is 2.26. The molecule has 154 valence electrons. The molecule has 1 atom stereocenters. The van der Waals surface area contributed by atoms with Crippen LogP contribution in [-0.4, -0.2) is 51.4 Å². The molecular formula is C19H21BrN4O3S2. The summed E-state index contributed by atoms with van der Waals surface area (Å²) in [4.78, 5) is 12.9. The van der Waals surface area contributed by atoms with Crippen molar-refractivity contribution < 1.29 is 13.2 Å². The van der Waals surface area contributed by atoms with Gasteiger partial charge in [0.05, 0.1) is 10.1 Å². The van der Waals surface area contributed by atoms with E-state index in [-0.39, 0.29) is 10.7 Å². The number of carbonyl (C=O) groups excluding carboxylic acids is 1. The van der Waals surface area contributed by atoms with Gasteiger partial charge in [-0.25, -0.2) is 8.42 Å². The summed E-state index contributed by atoms with van der Waals surface area (Å²) in [5.74, 6) is -0.0360. The average molecular weight is 497 g/mol. The van der Waals surface area contributed by atoms with Crippen LogP contribution in [0.1, 0.15) is 31.1 Å². The van der Waals surface area contributed by atoms with Crippen LogP contribution in [0.4, 0.5) is 0 Å². The number of hydrogen-bond acceptors (Lipinski definition) is 6. The molecule has 0 saturated carbocycles. The number of nitrogens with zero attached hydrogens (tertiary/aromatic N) is 4. The number of sulfonamides is 1. The second-order valence-electron chi connectivity index (χ2n) is 6.30. The smallest absolute Gasteiger partial charge is 0.244 e. The van der Waals surface area contributed by atoms with Gasteiger partial charge >= 0.3 is 0 Å². The van der Waals surface area contributed by atoms with Gasteiger partial charge in [0.2, 0.25) is 10.0 Å². The monoisotopic (exact) mass is 496 g/mol. The first-order valence-corrected chi connectivity index (χ1v) is 12.2. The molecule has 0 saturated heterocycles. The van der Waals surface area contributed by atoms with Gasteiger partial charge in [-0.05, 0) is 31.2 Å². The van der Waals surface area contributed by atoms with Crippen LogP contribution in [0.5, 0.6) is 0 Å². The molecule has 10 heteroatoms. The Hall–Kier alpha value is -1.75. The summed E-state index contributed by atoms with van der Waals surface area (Å²) < 4.78 is 29.6. The summed E-state index contributed by atoms with van der Waals surface area (Å²) in [5.41, 5.74) is 1.13. The topological polar surface area (TPSA) is 84.6 Å². The van der Waals surface area contributed by atoms with Crippen molar-refractivity contribution in [3.05, 3.63) is 52.6 Å². The number of rotatable bonds is 8. The summed E-state index contributed by atoms with van der Waals surface area (Å²) in [6, 6.07) is 10.3. The van der Waals surface area contributed by atoms with E-state index in [9.17, 15) is 13.2 Å². The van der Waals surface area contributed by atoms with Gasteiger partial charge in [-0.15, -0.1) is 10.2 Å². The predicted octanol–water partition coefficient (Wildman–Crippen LogP) is 3.89. The van der Waals surface area contributed by atoms with E-state index >= 15 is 0 Å². The average Bonchev–Trinajstić information content (AvgIpc) is 3.10. The van der Waals surface area contributed by atoms with Crippen molar-refractivity contribution in [2.45, 2.75) is 36.1 Å². The van der Waals surface area contributed by atoms with E-state index in [2.05, 4.69) is 26.1 Å². The number of carbonyl (C=O) groups is 1. The zero-order chi connectivity index (χ0) is 21.2. The summed E-state index contributed by atoms with van der Waals surface area (Å²) in [5, 5.41) is 8.29. The van der Waals surface area contributed by atoms with Gasteiger partial charge in [0.25, 0.3) is 0 Å². The molecule has 0 aliphatic rings. The Morgan fingerprint density at radius 3 is 2.41 bits per heavy atom. The number of halogens is 1. The van der Waals surface area contributed by atoms with Gasteiger partial charge in [0.15, 0.2) is 16.6 Å². The highest BCUT2D eigenvalue weighted by Gasteiger charge is 2.24. The van der Waals surface area contributed by atoms with Crippen LogP contribution >= 0.6 is 27.7 Å². The fourth-order valence-corrected chi connectivity index (χ4v) is 5.48. The zero-order valence-corrected chi connectivity index (χ0v) is 19.5. The van der Waals surface area contributed by atoms with E-state index in [0.717, 1.165) is 4.47 Å². The molecular weight excluding hydrogens is 476 g/mol. The number of pyridine rings is 1. The van der Waals surface area contributed by atoms with Crippen LogP contribution in [-0.2, 0) is 10.0 Å². The Kier molecular flexibility index (Phi) is 6.77. The van der Waals surface area contributed by atoms with Crippen molar-refractivity contribution in [3.8, 4) is 0 Å². The third kappa shape index (κ3) is 4.55. The summed E-state index contributed by atoms with van der Waals surface area (Å²) in [6.07, 6.45) is 1.52. The van der Waals surface area contributed by atoms with Crippen molar-refractivity contribution >= 4 is 49.1 Å². The van der Waals surface area contributed by atoms with Gasteiger partial charge in [0.1, 0.15) is 0 Å². The van der Waals surface area contributed by atoms with Crippen molar-refractivity contribution in [1.82, 2.24) is 18.9 Å². The standard InChI is InChI=1S/C19H21BrN4O3S2/c1-4-23(5-2)29(26,27)16-10-11-17-21-22-19(24(17)12-16)28-13(3)18(25)14-6-8-15(20)9-7-14/h6-13H,4-5H2,1-3H3. The fourth-order valence-electron chi connectivity index (χ4n) is 2.86. The Bertz CT molecular complexity index is 1130. The first-order valence-electron chi connectivity index (χ1n) is 9.09. The molecule has 0 aliphatic carbocycles. The molecule has 0 N–H and O–H groups in total. The number of Topliss-reactive ketones (excluding diaryl/α,β-unsaturated/α-hetero) is 1. The molecule has 0 aliphatic heterocycles. The number of ketones is 1. The van der Waals surface area contributed by atoms with Crippen LogP contribution in [0.2, 0.25) is 0 Å². The van der Waals surface area contributed by atoms with E-state index in [4.69, 9.17) is 0 Å². The van der Waals surface area contributed by atoms with Crippen molar-refractivity contribution in [2.24, 2.45) is 0 Å². The van der Waals surface area contributed by atoms with Crippen LogP contribution in [0, 0.1) is 0 Å². The van der Waals surface area contributed by atoms with E-state index in [1.165, 1.54) is 28.3 Å². The Labute approximate surface area is 182 Å². The molecule has 2 aromatic heterocycles. The highest BCUT2D eigenvalue weighted by atomic mass is 79.9. The molecule has 3 aromatic rings. The van der Waals surface area contributed by atoms with Crippen molar-refractivity contribution in [1.29, 1.82) is 0 Å². The predicted molar refractivity (Wildman–Crippen MR) is 117 cm³/mol. The van der Waals surface area contributed by atoms with Crippen LogP contribution < -0.4 is 0 Å². The highest BCUT2D eigenvalue weighted by molar-refractivity contribution is 9.10. The second-order valence-corrected chi connectivity index (χ2v) is 10.5. The quantitative estimate of drug-likeness (QED) is 0.347. The lowest BCUT2D eigenvalue weighted by Gasteiger charge is -2.18. The van der Waals surface area contributed by atoms with Crippen molar-refractivity contribution in [2.75, 3.05) is 13.1 Å². The molecule has 0 amide bonds. The number of hydrogen-bond donors (Lipinski definition) is 0. The van der Waals surface area contributed by atoms with Crippen molar-refractivity contribution in [3.63, 3.8) is 0 Å². The van der Waals surface area contributed by atoms with E-state index in [0.29, 0.717) is 29.5 Å². The maximum Gasteiger partial charge on any atom is 0.244 e. The maximum atomic E-state index is 12.8. The minimum Gasteiger partial charge on any atom is -0.293 e. The van der Waals surface area contributed by atoms with E-state index in [1.807, 2.05) is 12.1 Å². The lowest BCUT2D eigenvalue weighted by Crippen LogP contribution is -2.30. The fraction of sp³-hybridized carbons (Fsp3) is 0.316. The Balaban J connectivity index is 1.90. The largest absolute Gasteiger partial charge is 0.293 e. The first kappa shape index (κ1) is 21.9. The maximum absolute atomic E-state index is 12.8. The second kappa shape index (κ2) is 8.95. The minimum atomic E-state index is -3.60. The number of aromatic nitrogens is 3. The van der Waals surface area contributed by atoms with Gasteiger partial charge in [-0.3, -0.25) is 9.20 Å². The normalized spacial score (nSPS) is 13.1. The SMILES string of the molecule is CCN(CC)S(=O)(=O)c1ccc2nnc(SC(C)C(=O)c3ccc(Br)cc3)n2c1. The molecule has 1 unspecified atom stereocenters. The van der Waals surface area contributed by atoms with Gasteiger partial charge < -0.3 is 0 Å². The number of benzene rings is 1. The number of fused-ring (bicyclic) bond motifs is 1. The third-order valence-corrected chi connectivity index (χ3v) is 8.09. The van der Waals surface area contributed by atoms with Crippen LogP contribution in [0.15, 0.2) is 57.1 Å². The molecule has 29 heavy (non-hydrogen) atoms. The van der Waals surface area contributed by atoms with Crippen LogP contribution in [0.25, 0.3) is 5.65 Å². The molecule has 0 bridgehead atoms. The molecule has 0 fully saturated rings. The summed E-state index contributed by atoms with van der Waals surface area (Å²) in [6.45, 7) is 6.18. The molecule has 0 spiro atoms. The summed E-state index contributed by atoms with van der Waals surface area (Å²) in [7, 11) is -3.60. The zero-order valence-electron chi connectivity index (χ0n) is 16.2. The Morgan fingerprint density at radius 2 is 1.79 bits per heavy atom. The third-order valence-electron chi connectivity index (χ3n) is 4.47. The molecule has 0 radical (unpaired) electrons. The molecule has 3 rings (SSSR count). The van der Waals surface area contributed by atoms with Crippen LogP contribution in [0.3, 0.4) is 0 Å². The molecule has 1 aromatic carbocycles. The number of thioether (sulfide) groups is 1. The van der Waals surface area contributed by atoms with E-state index < -0.39 is 15.3 Å². The Morgan fingerprint density at radius 1 is 1.14 bits per heavy atom.